The Bertz CT molecular complexity index is 375. The number of methoxy groups -OCH3 is 1. The van der Waals surface area contributed by atoms with E-state index in [0.717, 1.165) is 0 Å². The van der Waals surface area contributed by atoms with Gasteiger partial charge < -0.3 is 4.74 Å². The summed E-state index contributed by atoms with van der Waals surface area (Å²) in [5.41, 5.74) is 2.80. The minimum Gasteiger partial charge on any atom is -0.379 e. The predicted octanol–water partition coefficient (Wildman–Crippen LogP) is 5.27. The molecular weight excluding hydrogens is 256 g/mol. The molecule has 0 saturated heterocycles. The van der Waals surface area contributed by atoms with Gasteiger partial charge >= 0.3 is 0 Å². The highest BCUT2D eigenvalue weighted by molar-refractivity contribution is 6.17. The monoisotopic (exact) mass is 280 g/mol. The molecule has 1 fully saturated rings. The van der Waals surface area contributed by atoms with E-state index in [1.165, 1.54) is 49.7 Å². The maximum absolute atomic E-state index is 5.85. The van der Waals surface area contributed by atoms with Gasteiger partial charge in [0.05, 0.1) is 5.60 Å². The topological polar surface area (TPSA) is 9.23 Å². The van der Waals surface area contributed by atoms with E-state index in [-0.39, 0.29) is 5.60 Å². The second kappa shape index (κ2) is 6.76. The molecule has 2 rings (SSSR count). The van der Waals surface area contributed by atoms with Crippen molar-refractivity contribution in [3.63, 3.8) is 0 Å². The average Bonchev–Trinajstić information content (AvgIpc) is 2.43. The van der Waals surface area contributed by atoms with Crippen molar-refractivity contribution in [1.29, 1.82) is 0 Å². The van der Waals surface area contributed by atoms with E-state index >= 15 is 0 Å². The zero-order chi connectivity index (χ0) is 13.7. The fourth-order valence-electron chi connectivity index (χ4n) is 3.13. The number of hydrogen-bond donors (Lipinski definition) is 0. The zero-order valence-electron chi connectivity index (χ0n) is 12.1. The van der Waals surface area contributed by atoms with Crippen LogP contribution in [0.25, 0.3) is 0 Å². The lowest BCUT2D eigenvalue weighted by Crippen LogP contribution is -2.28. The maximum atomic E-state index is 5.85. The Morgan fingerprint density at radius 2 is 1.74 bits per heavy atom. The summed E-state index contributed by atoms with van der Waals surface area (Å²) in [6.45, 7) is 2.25. The third-order valence-electron chi connectivity index (χ3n) is 4.61. The molecule has 0 spiro atoms. The fraction of sp³-hybridized carbons (Fsp3) is 0.647. The van der Waals surface area contributed by atoms with Gasteiger partial charge in [-0.1, -0.05) is 24.3 Å². The molecule has 19 heavy (non-hydrogen) atoms. The lowest BCUT2D eigenvalue weighted by Gasteiger charge is -2.32. The Labute approximate surface area is 122 Å². The van der Waals surface area contributed by atoms with E-state index < -0.39 is 0 Å². The summed E-state index contributed by atoms with van der Waals surface area (Å²) < 4.78 is 5.67. The first kappa shape index (κ1) is 14.9. The molecular formula is C17H25ClO. The Balaban J connectivity index is 1.98. The van der Waals surface area contributed by atoms with Crippen LogP contribution in [0, 0.1) is 0 Å². The van der Waals surface area contributed by atoms with Crippen LogP contribution in [-0.4, -0.2) is 12.7 Å². The Kier molecular flexibility index (Phi) is 5.29. The summed E-state index contributed by atoms with van der Waals surface area (Å²) in [5.74, 6) is 1.32. The Hall–Kier alpha value is -0.530. The highest BCUT2D eigenvalue weighted by atomic mass is 35.5. The van der Waals surface area contributed by atoms with E-state index in [0.29, 0.717) is 11.8 Å². The van der Waals surface area contributed by atoms with Crippen LogP contribution in [0.5, 0.6) is 0 Å². The van der Waals surface area contributed by atoms with Gasteiger partial charge in [0.15, 0.2) is 0 Å². The molecule has 1 nitrogen and oxygen atoms in total. The van der Waals surface area contributed by atoms with Crippen LogP contribution in [0.4, 0.5) is 0 Å². The summed E-state index contributed by atoms with van der Waals surface area (Å²) in [5, 5.41) is 0. The molecule has 1 aromatic rings. The highest BCUT2D eigenvalue weighted by Crippen LogP contribution is 2.35. The molecule has 0 aliphatic heterocycles. The Morgan fingerprint density at radius 1 is 1.16 bits per heavy atom. The molecule has 0 amide bonds. The quantitative estimate of drug-likeness (QED) is 0.686. The number of rotatable bonds is 3. The van der Waals surface area contributed by atoms with Crippen LogP contribution >= 0.6 is 11.6 Å². The summed E-state index contributed by atoms with van der Waals surface area (Å²) in [4.78, 5) is 0. The normalized spacial score (nSPS) is 28.7. The molecule has 0 unspecified atom stereocenters. The summed E-state index contributed by atoms with van der Waals surface area (Å²) >= 11 is 5.85. The van der Waals surface area contributed by atoms with Crippen molar-refractivity contribution >= 4 is 11.6 Å². The number of benzene rings is 1. The van der Waals surface area contributed by atoms with Crippen LogP contribution in [0.1, 0.15) is 62.5 Å². The van der Waals surface area contributed by atoms with Gasteiger partial charge in [0.1, 0.15) is 0 Å². The van der Waals surface area contributed by atoms with Gasteiger partial charge in [-0.05, 0) is 62.5 Å². The molecule has 0 heterocycles. The van der Waals surface area contributed by atoms with Crippen molar-refractivity contribution in [1.82, 2.24) is 0 Å². The molecule has 106 valence electrons. The minimum atomic E-state index is 0.105. The van der Waals surface area contributed by atoms with E-state index in [1.54, 1.807) is 0 Å². The maximum Gasteiger partial charge on any atom is 0.0650 e. The lowest BCUT2D eigenvalue weighted by molar-refractivity contribution is -0.0158. The van der Waals surface area contributed by atoms with Crippen molar-refractivity contribution in [2.75, 3.05) is 7.11 Å². The van der Waals surface area contributed by atoms with E-state index in [1.807, 2.05) is 7.11 Å². The van der Waals surface area contributed by atoms with Crippen LogP contribution < -0.4 is 0 Å². The molecule has 0 atom stereocenters. The van der Waals surface area contributed by atoms with E-state index in [9.17, 15) is 0 Å². The molecule has 2 heteroatoms. The first-order valence-corrected chi connectivity index (χ1v) is 7.90. The van der Waals surface area contributed by atoms with Crippen LogP contribution in [0.3, 0.4) is 0 Å². The van der Waals surface area contributed by atoms with Gasteiger partial charge in [-0.15, -0.1) is 11.6 Å². The average molecular weight is 281 g/mol. The van der Waals surface area contributed by atoms with E-state index in [2.05, 4.69) is 31.2 Å². The van der Waals surface area contributed by atoms with Crippen molar-refractivity contribution in [2.45, 2.75) is 62.8 Å². The first-order chi connectivity index (χ1) is 9.17. The number of ether oxygens (including phenoxy) is 1. The third kappa shape index (κ3) is 3.97. The lowest BCUT2D eigenvalue weighted by atomic mass is 9.81. The number of hydrogen-bond acceptors (Lipinski definition) is 1. The number of alkyl halides is 1. The number of halogens is 1. The summed E-state index contributed by atoms with van der Waals surface area (Å²) in [6, 6.07) is 8.86. The molecule has 0 bridgehead atoms. The molecule has 1 saturated carbocycles. The molecule has 1 aliphatic rings. The second-order valence-electron chi connectivity index (χ2n) is 6.01. The van der Waals surface area contributed by atoms with Gasteiger partial charge in [0, 0.05) is 13.0 Å². The standard InChI is InChI=1S/C17H25ClO/c1-17(19-2)11-3-5-15(6-4-12-17)16-9-7-14(13-18)8-10-16/h7-10,15H,3-6,11-13H2,1-2H3. The van der Waals surface area contributed by atoms with Gasteiger partial charge in [-0.25, -0.2) is 0 Å². The smallest absolute Gasteiger partial charge is 0.0650 e. The zero-order valence-corrected chi connectivity index (χ0v) is 12.9. The third-order valence-corrected chi connectivity index (χ3v) is 4.92. The fourth-order valence-corrected chi connectivity index (χ4v) is 3.31. The SMILES string of the molecule is COC1(C)CCCC(c2ccc(CCl)cc2)CCC1. The van der Waals surface area contributed by atoms with Crippen molar-refractivity contribution < 1.29 is 4.74 Å². The second-order valence-corrected chi connectivity index (χ2v) is 6.28. The van der Waals surface area contributed by atoms with Crippen molar-refractivity contribution in [3.8, 4) is 0 Å². The Morgan fingerprint density at radius 3 is 2.21 bits per heavy atom. The summed E-state index contributed by atoms with van der Waals surface area (Å²) in [7, 11) is 1.85. The largest absolute Gasteiger partial charge is 0.379 e. The van der Waals surface area contributed by atoms with E-state index in [4.69, 9.17) is 16.3 Å². The highest BCUT2D eigenvalue weighted by Gasteiger charge is 2.26. The van der Waals surface area contributed by atoms with Crippen molar-refractivity contribution in [2.24, 2.45) is 0 Å². The first-order valence-electron chi connectivity index (χ1n) is 7.37. The van der Waals surface area contributed by atoms with Crippen LogP contribution in [0.15, 0.2) is 24.3 Å². The van der Waals surface area contributed by atoms with Crippen molar-refractivity contribution in [3.05, 3.63) is 35.4 Å². The minimum absolute atomic E-state index is 0.105. The molecule has 1 aromatic carbocycles. The van der Waals surface area contributed by atoms with Gasteiger partial charge in [-0.3, -0.25) is 0 Å². The van der Waals surface area contributed by atoms with Gasteiger partial charge in [0.2, 0.25) is 0 Å². The molecule has 1 aliphatic carbocycles. The molecule has 0 N–H and O–H groups in total. The molecule has 0 radical (unpaired) electrons. The predicted molar refractivity (Wildman–Crippen MR) is 81.9 cm³/mol. The van der Waals surface area contributed by atoms with Gasteiger partial charge in [-0.2, -0.15) is 0 Å². The van der Waals surface area contributed by atoms with Crippen LogP contribution in [-0.2, 0) is 10.6 Å². The molecule has 0 aromatic heterocycles. The summed E-state index contributed by atoms with van der Waals surface area (Å²) in [6.07, 6.45) is 7.43. The van der Waals surface area contributed by atoms with Crippen LogP contribution in [0.2, 0.25) is 0 Å². The van der Waals surface area contributed by atoms with Gasteiger partial charge in [0.25, 0.3) is 0 Å².